The average Bonchev–Trinajstić information content (AvgIpc) is 3.64. The highest BCUT2D eigenvalue weighted by Gasteiger charge is 2.17. The van der Waals surface area contributed by atoms with Gasteiger partial charge in [0.2, 0.25) is 0 Å². The zero-order valence-electron chi connectivity index (χ0n) is 23.8. The van der Waals surface area contributed by atoms with Crippen molar-refractivity contribution >= 4 is 70.9 Å². The Hall–Kier alpha value is -5.93. The van der Waals surface area contributed by atoms with Crippen LogP contribution in [-0.2, 0) is 0 Å². The molecule has 0 aliphatic heterocycles. The van der Waals surface area contributed by atoms with Gasteiger partial charge in [0.15, 0.2) is 0 Å². The fourth-order valence-electron chi connectivity index (χ4n) is 7.33. The molecule has 0 aliphatic carbocycles. The molecule has 3 heterocycles. The van der Waals surface area contributed by atoms with Gasteiger partial charge < -0.3 is 4.57 Å². The van der Waals surface area contributed by atoms with Crippen LogP contribution in [0.15, 0.2) is 152 Å². The Kier molecular flexibility index (Phi) is 4.72. The molecule has 0 amide bonds. The number of pyridine rings is 1. The lowest BCUT2D eigenvalue weighted by Gasteiger charge is -2.14. The Morgan fingerprint density at radius 3 is 1.91 bits per heavy atom. The number of hydrogen-bond donors (Lipinski definition) is 0. The van der Waals surface area contributed by atoms with E-state index in [0.29, 0.717) is 0 Å². The highest BCUT2D eigenvalue weighted by Crippen LogP contribution is 2.39. The van der Waals surface area contributed by atoms with Crippen molar-refractivity contribution in [3.63, 3.8) is 0 Å². The molecule has 0 bridgehead atoms. The highest BCUT2D eigenvalue weighted by molar-refractivity contribution is 6.23. The van der Waals surface area contributed by atoms with Gasteiger partial charge in [-0.25, -0.2) is 4.98 Å². The van der Waals surface area contributed by atoms with Crippen LogP contribution in [0.5, 0.6) is 0 Å². The average molecular weight is 560 g/mol. The monoisotopic (exact) mass is 559 g/mol. The van der Waals surface area contributed by atoms with Gasteiger partial charge in [0.1, 0.15) is 5.65 Å². The summed E-state index contributed by atoms with van der Waals surface area (Å²) in [5.41, 5.74) is 10.3. The zero-order valence-corrected chi connectivity index (χ0v) is 23.8. The van der Waals surface area contributed by atoms with Crippen molar-refractivity contribution in [2.45, 2.75) is 0 Å². The summed E-state index contributed by atoms with van der Waals surface area (Å²) in [6.45, 7) is 0. The normalized spacial score (nSPS) is 12.1. The van der Waals surface area contributed by atoms with Crippen LogP contribution in [0.25, 0.3) is 87.7 Å². The predicted octanol–water partition coefficient (Wildman–Crippen LogP) is 10.7. The van der Waals surface area contributed by atoms with E-state index >= 15 is 0 Å². The minimum Gasteiger partial charge on any atom is -0.309 e. The van der Waals surface area contributed by atoms with Crippen molar-refractivity contribution in [1.82, 2.24) is 14.0 Å². The predicted molar refractivity (Wildman–Crippen MR) is 185 cm³/mol. The van der Waals surface area contributed by atoms with Gasteiger partial charge in [-0.2, -0.15) is 0 Å². The molecule has 7 aromatic carbocycles. The number of hydrogen-bond acceptors (Lipinski definition) is 1. The SMILES string of the molecule is c1cc(-c2ccc3c(c2)c2ccc4ccccc4c2c2nc4ccccc4n32)cc(-n2c3ccccc3c3ccccc32)c1. The van der Waals surface area contributed by atoms with Gasteiger partial charge in [-0.15, -0.1) is 0 Å². The van der Waals surface area contributed by atoms with Crippen LogP contribution in [0.2, 0.25) is 0 Å². The first-order valence-corrected chi connectivity index (χ1v) is 15.1. The van der Waals surface area contributed by atoms with Gasteiger partial charge >= 0.3 is 0 Å². The number of nitrogens with zero attached hydrogens (tertiary/aromatic N) is 3. The molecule has 10 aromatic rings. The van der Waals surface area contributed by atoms with Crippen molar-refractivity contribution < 1.29 is 0 Å². The summed E-state index contributed by atoms with van der Waals surface area (Å²) in [5.74, 6) is 0. The van der Waals surface area contributed by atoms with E-state index in [1.54, 1.807) is 0 Å². The van der Waals surface area contributed by atoms with E-state index < -0.39 is 0 Å². The standard InChI is InChI=1S/C41H25N3/c1-2-13-30-26(10-1)20-22-33-34-25-28(21-23-38(34)44-39-19-8-5-16-35(39)42-41(44)40(30)33)27-11-9-12-29(24-27)43-36-17-6-3-14-31(36)32-15-4-7-18-37(32)43/h1-25H. The third-order valence-electron chi connectivity index (χ3n) is 9.26. The first-order valence-electron chi connectivity index (χ1n) is 15.1. The van der Waals surface area contributed by atoms with Gasteiger partial charge in [-0.05, 0) is 75.8 Å². The second kappa shape index (κ2) is 8.79. The van der Waals surface area contributed by atoms with E-state index in [1.165, 1.54) is 65.4 Å². The Labute approximate surface area is 252 Å². The first kappa shape index (κ1) is 23.6. The molecule has 3 heteroatoms. The molecule has 3 nitrogen and oxygen atoms in total. The van der Waals surface area contributed by atoms with E-state index in [1.807, 2.05) is 0 Å². The second-order valence-corrected chi connectivity index (χ2v) is 11.6. The molecular formula is C41H25N3. The quantitative estimate of drug-likeness (QED) is 0.193. The Morgan fingerprint density at radius 1 is 0.409 bits per heavy atom. The molecule has 0 fully saturated rings. The van der Waals surface area contributed by atoms with Gasteiger partial charge in [-0.1, -0.05) is 103 Å². The van der Waals surface area contributed by atoms with Gasteiger partial charge in [-0.3, -0.25) is 4.40 Å². The van der Waals surface area contributed by atoms with Crippen LogP contribution in [0.3, 0.4) is 0 Å². The fraction of sp³-hybridized carbons (Fsp3) is 0. The zero-order chi connectivity index (χ0) is 28.8. The number of fused-ring (bicyclic) bond motifs is 13. The minimum atomic E-state index is 1.01. The number of rotatable bonds is 2. The molecule has 0 aliphatic rings. The minimum absolute atomic E-state index is 1.01. The molecule has 204 valence electrons. The second-order valence-electron chi connectivity index (χ2n) is 11.6. The summed E-state index contributed by atoms with van der Waals surface area (Å²) in [6.07, 6.45) is 0. The maximum atomic E-state index is 5.17. The topological polar surface area (TPSA) is 22.2 Å². The molecule has 0 spiro atoms. The summed E-state index contributed by atoms with van der Waals surface area (Å²) < 4.78 is 4.73. The van der Waals surface area contributed by atoms with Crippen molar-refractivity contribution in [3.05, 3.63) is 152 Å². The number of benzene rings is 7. The molecule has 0 radical (unpaired) electrons. The maximum absolute atomic E-state index is 5.17. The molecule has 0 unspecified atom stereocenters. The van der Waals surface area contributed by atoms with Crippen molar-refractivity contribution in [1.29, 1.82) is 0 Å². The molecule has 0 saturated heterocycles. The third kappa shape index (κ3) is 3.18. The lowest BCUT2D eigenvalue weighted by molar-refractivity contribution is 1.18. The van der Waals surface area contributed by atoms with Gasteiger partial charge in [0, 0.05) is 27.2 Å². The van der Waals surface area contributed by atoms with Crippen molar-refractivity contribution in [2.24, 2.45) is 0 Å². The van der Waals surface area contributed by atoms with Crippen LogP contribution in [-0.4, -0.2) is 14.0 Å². The molecule has 0 atom stereocenters. The Morgan fingerprint density at radius 2 is 1.09 bits per heavy atom. The largest absolute Gasteiger partial charge is 0.309 e. The summed E-state index contributed by atoms with van der Waals surface area (Å²) in [4.78, 5) is 5.17. The summed E-state index contributed by atoms with van der Waals surface area (Å²) in [6, 6.07) is 54.8. The molecule has 3 aromatic heterocycles. The highest BCUT2D eigenvalue weighted by atomic mass is 15.0. The van der Waals surface area contributed by atoms with E-state index in [-0.39, 0.29) is 0 Å². The van der Waals surface area contributed by atoms with Crippen LogP contribution in [0.1, 0.15) is 0 Å². The Balaban J connectivity index is 1.27. The molecule has 0 N–H and O–H groups in total. The summed E-state index contributed by atoms with van der Waals surface area (Å²) in [7, 11) is 0. The number of imidazole rings is 1. The molecule has 10 rings (SSSR count). The molecular weight excluding hydrogens is 534 g/mol. The van der Waals surface area contributed by atoms with E-state index in [0.717, 1.165) is 22.4 Å². The van der Waals surface area contributed by atoms with Crippen molar-refractivity contribution in [3.8, 4) is 16.8 Å². The lowest BCUT2D eigenvalue weighted by atomic mass is 9.96. The van der Waals surface area contributed by atoms with Gasteiger partial charge in [0.25, 0.3) is 0 Å². The lowest BCUT2D eigenvalue weighted by Crippen LogP contribution is -1.95. The third-order valence-corrected chi connectivity index (χ3v) is 9.26. The molecule has 0 saturated carbocycles. The van der Waals surface area contributed by atoms with Crippen molar-refractivity contribution in [2.75, 3.05) is 0 Å². The van der Waals surface area contributed by atoms with E-state index in [2.05, 4.69) is 161 Å². The smallest absolute Gasteiger partial charge is 0.147 e. The Bertz CT molecular complexity index is 2730. The summed E-state index contributed by atoms with van der Waals surface area (Å²) >= 11 is 0. The fourth-order valence-corrected chi connectivity index (χ4v) is 7.33. The number of para-hydroxylation sites is 4. The van der Waals surface area contributed by atoms with Gasteiger partial charge in [0.05, 0.1) is 27.6 Å². The van der Waals surface area contributed by atoms with Crippen LogP contribution < -0.4 is 0 Å². The van der Waals surface area contributed by atoms with Crippen LogP contribution in [0.4, 0.5) is 0 Å². The van der Waals surface area contributed by atoms with E-state index in [9.17, 15) is 0 Å². The first-order chi connectivity index (χ1) is 21.8. The maximum Gasteiger partial charge on any atom is 0.147 e. The van der Waals surface area contributed by atoms with Crippen LogP contribution >= 0.6 is 0 Å². The van der Waals surface area contributed by atoms with E-state index in [4.69, 9.17) is 4.98 Å². The summed E-state index contributed by atoms with van der Waals surface area (Å²) in [5, 5.41) is 8.64. The van der Waals surface area contributed by atoms with Crippen LogP contribution in [0, 0.1) is 0 Å². The number of aromatic nitrogens is 3. The molecule has 44 heavy (non-hydrogen) atoms.